The summed E-state index contributed by atoms with van der Waals surface area (Å²) in [4.78, 5) is 40.1. The van der Waals surface area contributed by atoms with Crippen molar-refractivity contribution in [2.75, 3.05) is 13.1 Å². The van der Waals surface area contributed by atoms with E-state index in [1.165, 1.54) is 6.92 Å². The van der Waals surface area contributed by atoms with Crippen LogP contribution < -0.4 is 5.32 Å². The SMILES string of the molecule is CCCC(=O)C1(c2ccccc2)CCN(C(=O)[C@@H](Cc2ccc(Cl)cc2)NC(C)=O)CC1. The third-order valence-electron chi connectivity index (χ3n) is 6.29. The van der Waals surface area contributed by atoms with E-state index >= 15 is 0 Å². The lowest BCUT2D eigenvalue weighted by Gasteiger charge is -2.42. The molecule has 1 atom stereocenters. The van der Waals surface area contributed by atoms with Gasteiger partial charge in [-0.05, 0) is 42.5 Å². The largest absolute Gasteiger partial charge is 0.344 e. The molecule has 0 saturated carbocycles. The highest BCUT2D eigenvalue weighted by Gasteiger charge is 2.43. The number of likely N-dealkylation sites (tertiary alicyclic amines) is 1. The molecule has 2 amide bonds. The number of amides is 2. The van der Waals surface area contributed by atoms with Crippen LogP contribution in [0.4, 0.5) is 0 Å². The van der Waals surface area contributed by atoms with Gasteiger partial charge in [0.05, 0.1) is 5.41 Å². The Hall–Kier alpha value is -2.66. The third kappa shape index (κ3) is 5.57. The molecule has 0 aromatic heterocycles. The molecule has 1 saturated heterocycles. The molecule has 1 N–H and O–H groups in total. The highest BCUT2D eigenvalue weighted by molar-refractivity contribution is 6.30. The number of ketones is 1. The maximum Gasteiger partial charge on any atom is 0.245 e. The zero-order valence-electron chi connectivity index (χ0n) is 18.8. The Morgan fingerprint density at radius 1 is 1.03 bits per heavy atom. The Bertz CT molecular complexity index is 935. The molecule has 1 heterocycles. The Morgan fingerprint density at radius 3 is 2.22 bits per heavy atom. The highest BCUT2D eigenvalue weighted by Crippen LogP contribution is 2.38. The summed E-state index contributed by atoms with van der Waals surface area (Å²) < 4.78 is 0. The van der Waals surface area contributed by atoms with E-state index in [-0.39, 0.29) is 17.6 Å². The summed E-state index contributed by atoms with van der Waals surface area (Å²) in [5.41, 5.74) is 1.41. The number of benzene rings is 2. The van der Waals surface area contributed by atoms with Crippen molar-refractivity contribution >= 4 is 29.2 Å². The van der Waals surface area contributed by atoms with Crippen molar-refractivity contribution in [3.63, 3.8) is 0 Å². The lowest BCUT2D eigenvalue weighted by Crippen LogP contribution is -2.54. The molecule has 1 aliphatic heterocycles. The van der Waals surface area contributed by atoms with E-state index in [4.69, 9.17) is 11.6 Å². The van der Waals surface area contributed by atoms with E-state index in [0.29, 0.717) is 43.8 Å². The number of rotatable bonds is 8. The van der Waals surface area contributed by atoms with Crippen molar-refractivity contribution in [1.29, 1.82) is 0 Å². The minimum absolute atomic E-state index is 0.111. The number of hydrogen-bond donors (Lipinski definition) is 1. The summed E-state index contributed by atoms with van der Waals surface area (Å²) in [5, 5.41) is 3.43. The number of hydrogen-bond acceptors (Lipinski definition) is 3. The molecule has 0 unspecified atom stereocenters. The maximum absolute atomic E-state index is 13.3. The van der Waals surface area contributed by atoms with E-state index < -0.39 is 11.5 Å². The van der Waals surface area contributed by atoms with Crippen LogP contribution in [0.25, 0.3) is 0 Å². The number of carbonyl (C=O) groups excluding carboxylic acids is 3. The van der Waals surface area contributed by atoms with Gasteiger partial charge in [0.2, 0.25) is 11.8 Å². The molecular weight excluding hydrogens is 424 g/mol. The van der Waals surface area contributed by atoms with E-state index in [2.05, 4.69) is 5.32 Å². The quantitative estimate of drug-likeness (QED) is 0.646. The zero-order chi connectivity index (χ0) is 23.1. The first-order valence-electron chi connectivity index (χ1n) is 11.2. The highest BCUT2D eigenvalue weighted by atomic mass is 35.5. The van der Waals surface area contributed by atoms with Crippen molar-refractivity contribution in [2.45, 2.75) is 57.4 Å². The Labute approximate surface area is 195 Å². The molecule has 5 nitrogen and oxygen atoms in total. The van der Waals surface area contributed by atoms with Crippen molar-refractivity contribution < 1.29 is 14.4 Å². The summed E-state index contributed by atoms with van der Waals surface area (Å²) in [6, 6.07) is 16.6. The third-order valence-corrected chi connectivity index (χ3v) is 6.55. The Balaban J connectivity index is 1.76. The topological polar surface area (TPSA) is 66.5 Å². The molecule has 6 heteroatoms. The van der Waals surface area contributed by atoms with Crippen molar-refractivity contribution in [1.82, 2.24) is 10.2 Å². The second-order valence-electron chi connectivity index (χ2n) is 8.53. The van der Waals surface area contributed by atoms with Crippen LogP contribution in [0, 0.1) is 0 Å². The van der Waals surface area contributed by atoms with Crippen molar-refractivity contribution in [3.8, 4) is 0 Å². The van der Waals surface area contributed by atoms with Crippen molar-refractivity contribution in [2.24, 2.45) is 0 Å². The van der Waals surface area contributed by atoms with Gasteiger partial charge >= 0.3 is 0 Å². The summed E-state index contributed by atoms with van der Waals surface area (Å²) >= 11 is 5.97. The fraction of sp³-hybridized carbons (Fsp3) is 0.423. The fourth-order valence-corrected chi connectivity index (χ4v) is 4.71. The molecule has 3 rings (SSSR count). The normalized spacial score (nSPS) is 16.3. The number of carbonyl (C=O) groups is 3. The molecule has 1 fully saturated rings. The summed E-state index contributed by atoms with van der Waals surface area (Å²) in [7, 11) is 0. The molecule has 2 aromatic rings. The van der Waals surface area contributed by atoms with Crippen molar-refractivity contribution in [3.05, 3.63) is 70.7 Å². The molecule has 170 valence electrons. The van der Waals surface area contributed by atoms with Crippen LogP contribution in [-0.4, -0.2) is 41.6 Å². The van der Waals surface area contributed by atoms with Gasteiger partial charge in [-0.1, -0.05) is 61.0 Å². The number of Topliss-reactive ketones (excluding diaryl/α,β-unsaturated/α-hetero) is 1. The van der Waals surface area contributed by atoms with Gasteiger partial charge in [0, 0.05) is 37.9 Å². The van der Waals surface area contributed by atoms with Gasteiger partial charge < -0.3 is 10.2 Å². The first-order valence-corrected chi connectivity index (χ1v) is 11.6. The summed E-state index contributed by atoms with van der Waals surface area (Å²) in [5.74, 6) is -0.108. The van der Waals surface area contributed by atoms with Crippen LogP contribution >= 0.6 is 11.6 Å². The molecule has 0 spiro atoms. The van der Waals surface area contributed by atoms with E-state index in [1.807, 2.05) is 49.4 Å². The molecule has 0 aliphatic carbocycles. The van der Waals surface area contributed by atoms with Crippen LogP contribution in [0.2, 0.25) is 5.02 Å². The lowest BCUT2D eigenvalue weighted by atomic mass is 9.68. The number of halogens is 1. The smallest absolute Gasteiger partial charge is 0.245 e. The lowest BCUT2D eigenvalue weighted by molar-refractivity contribution is -0.139. The molecule has 0 bridgehead atoms. The van der Waals surface area contributed by atoms with E-state index in [9.17, 15) is 14.4 Å². The van der Waals surface area contributed by atoms with Crippen LogP contribution in [-0.2, 0) is 26.2 Å². The van der Waals surface area contributed by atoms with Crippen LogP contribution in [0.3, 0.4) is 0 Å². The second-order valence-corrected chi connectivity index (χ2v) is 8.97. The van der Waals surface area contributed by atoms with Crippen LogP contribution in [0.1, 0.15) is 50.7 Å². The maximum atomic E-state index is 13.3. The summed E-state index contributed by atoms with van der Waals surface area (Å²) in [6.07, 6.45) is 2.92. The fourth-order valence-electron chi connectivity index (χ4n) is 4.58. The first-order chi connectivity index (χ1) is 15.4. The minimum Gasteiger partial charge on any atom is -0.344 e. The Kier molecular flexibility index (Phi) is 8.08. The van der Waals surface area contributed by atoms with Crippen LogP contribution in [0.5, 0.6) is 0 Å². The van der Waals surface area contributed by atoms with Gasteiger partial charge in [0.1, 0.15) is 11.8 Å². The first kappa shape index (κ1) is 24.0. The summed E-state index contributed by atoms with van der Waals surface area (Å²) in [6.45, 7) is 4.41. The predicted octanol–water partition coefficient (Wildman–Crippen LogP) is 4.32. The molecule has 32 heavy (non-hydrogen) atoms. The molecule has 0 radical (unpaired) electrons. The average Bonchev–Trinajstić information content (AvgIpc) is 2.80. The number of nitrogens with zero attached hydrogens (tertiary/aromatic N) is 1. The monoisotopic (exact) mass is 454 g/mol. The average molecular weight is 455 g/mol. The number of nitrogens with one attached hydrogen (secondary N) is 1. The molecular formula is C26H31ClN2O3. The minimum atomic E-state index is -0.649. The molecule has 1 aliphatic rings. The van der Waals surface area contributed by atoms with E-state index in [1.54, 1.807) is 17.0 Å². The van der Waals surface area contributed by atoms with E-state index in [0.717, 1.165) is 17.5 Å². The van der Waals surface area contributed by atoms with Gasteiger partial charge in [0.25, 0.3) is 0 Å². The second kappa shape index (κ2) is 10.8. The van der Waals surface area contributed by atoms with Gasteiger partial charge in [-0.15, -0.1) is 0 Å². The van der Waals surface area contributed by atoms with Gasteiger partial charge in [-0.3, -0.25) is 14.4 Å². The van der Waals surface area contributed by atoms with Gasteiger partial charge in [-0.2, -0.15) is 0 Å². The Morgan fingerprint density at radius 2 is 1.66 bits per heavy atom. The standard InChI is InChI=1S/C26H31ClN2O3/c1-3-7-24(31)26(21-8-5-4-6-9-21)14-16-29(17-15-26)25(32)23(28-19(2)30)18-20-10-12-22(27)13-11-20/h4-6,8-13,23H,3,7,14-18H2,1-2H3,(H,28,30)/t23-/m1/s1. The van der Waals surface area contributed by atoms with Crippen LogP contribution in [0.15, 0.2) is 54.6 Å². The predicted molar refractivity (Wildman–Crippen MR) is 127 cm³/mol. The van der Waals surface area contributed by atoms with Gasteiger partial charge in [0.15, 0.2) is 0 Å². The molecule has 2 aromatic carbocycles. The number of piperidine rings is 1. The zero-order valence-corrected chi connectivity index (χ0v) is 19.5. The van der Waals surface area contributed by atoms with Gasteiger partial charge in [-0.25, -0.2) is 0 Å².